The van der Waals surface area contributed by atoms with Crippen LogP contribution in [-0.2, 0) is 14.1 Å². The third-order valence-corrected chi connectivity index (χ3v) is 4.58. The Bertz CT molecular complexity index is 1060. The maximum Gasteiger partial charge on any atom is 0.356 e. The zero-order valence-corrected chi connectivity index (χ0v) is 15.7. The van der Waals surface area contributed by atoms with Crippen LogP contribution in [0.25, 0.3) is 0 Å². The van der Waals surface area contributed by atoms with Crippen LogP contribution in [0.1, 0.15) is 33.4 Å². The van der Waals surface area contributed by atoms with Crippen molar-refractivity contribution < 1.29 is 9.90 Å². The van der Waals surface area contributed by atoms with E-state index in [4.69, 9.17) is 11.6 Å². The van der Waals surface area contributed by atoms with Crippen molar-refractivity contribution in [2.75, 3.05) is 5.32 Å². The molecule has 2 aromatic heterocycles. The number of hydrogen-bond acceptors (Lipinski definition) is 5. The van der Waals surface area contributed by atoms with E-state index in [-0.39, 0.29) is 11.3 Å². The Hall–Kier alpha value is -3.13. The Kier molecular flexibility index (Phi) is 5.00. The largest absolute Gasteiger partial charge is 0.476 e. The van der Waals surface area contributed by atoms with Crippen molar-refractivity contribution in [1.29, 1.82) is 0 Å². The van der Waals surface area contributed by atoms with Gasteiger partial charge in [-0.15, -0.1) is 0 Å². The van der Waals surface area contributed by atoms with Gasteiger partial charge in [-0.3, -0.25) is 9.48 Å². The quantitative estimate of drug-likeness (QED) is 0.696. The SMILES string of the molecule is Cc1c(C(Nc2ccc(=O)n(C)n2)c2ccc(Cl)cc2)c(C(=O)O)nn1C. The number of carboxylic acid groups (broad SMARTS) is 1. The van der Waals surface area contributed by atoms with E-state index >= 15 is 0 Å². The van der Waals surface area contributed by atoms with Crippen molar-refractivity contribution in [2.45, 2.75) is 13.0 Å². The molecule has 8 nitrogen and oxygen atoms in total. The van der Waals surface area contributed by atoms with Crippen LogP contribution in [0.3, 0.4) is 0 Å². The van der Waals surface area contributed by atoms with Gasteiger partial charge in [0, 0.05) is 36.4 Å². The molecule has 0 saturated carbocycles. The number of benzene rings is 1. The van der Waals surface area contributed by atoms with Gasteiger partial charge in [-0.2, -0.15) is 10.2 Å². The molecular formula is C18H18ClN5O3. The predicted octanol–water partition coefficient (Wildman–Crippen LogP) is 2.38. The molecule has 0 fully saturated rings. The summed E-state index contributed by atoms with van der Waals surface area (Å²) in [6.45, 7) is 1.80. The third kappa shape index (κ3) is 3.70. The van der Waals surface area contributed by atoms with Crippen LogP contribution < -0.4 is 10.9 Å². The molecule has 0 saturated heterocycles. The number of aromatic carboxylic acids is 1. The molecule has 1 atom stereocenters. The highest BCUT2D eigenvalue weighted by Gasteiger charge is 2.27. The van der Waals surface area contributed by atoms with Crippen LogP contribution in [-0.4, -0.2) is 30.6 Å². The summed E-state index contributed by atoms with van der Waals surface area (Å²) in [6, 6.07) is 9.46. The van der Waals surface area contributed by atoms with Crippen molar-refractivity contribution in [3.63, 3.8) is 0 Å². The molecule has 140 valence electrons. The summed E-state index contributed by atoms with van der Waals surface area (Å²) >= 11 is 6.00. The van der Waals surface area contributed by atoms with Gasteiger partial charge in [0.05, 0.1) is 6.04 Å². The van der Waals surface area contributed by atoms with E-state index in [2.05, 4.69) is 15.5 Å². The molecule has 9 heteroatoms. The minimum absolute atomic E-state index is 0.0488. The number of rotatable bonds is 5. The van der Waals surface area contributed by atoms with Crippen molar-refractivity contribution in [1.82, 2.24) is 19.6 Å². The number of halogens is 1. The maximum atomic E-state index is 11.7. The number of hydrogen-bond donors (Lipinski definition) is 2. The molecule has 2 heterocycles. The van der Waals surface area contributed by atoms with Crippen LogP contribution in [0.15, 0.2) is 41.2 Å². The molecule has 0 aliphatic heterocycles. The predicted molar refractivity (Wildman–Crippen MR) is 101 cm³/mol. The average molecular weight is 388 g/mol. The molecule has 0 spiro atoms. The van der Waals surface area contributed by atoms with Gasteiger partial charge in [0.25, 0.3) is 5.56 Å². The molecule has 1 aromatic carbocycles. The molecule has 1 unspecified atom stereocenters. The van der Waals surface area contributed by atoms with Crippen molar-refractivity contribution in [3.8, 4) is 0 Å². The minimum atomic E-state index is -1.12. The van der Waals surface area contributed by atoms with Gasteiger partial charge < -0.3 is 10.4 Å². The zero-order valence-electron chi connectivity index (χ0n) is 15.0. The topological polar surface area (TPSA) is 102 Å². The number of nitrogens with zero attached hydrogens (tertiary/aromatic N) is 4. The Balaban J connectivity index is 2.16. The monoisotopic (exact) mass is 387 g/mol. The van der Waals surface area contributed by atoms with Gasteiger partial charge in [-0.05, 0) is 30.7 Å². The summed E-state index contributed by atoms with van der Waals surface area (Å²) in [5.74, 6) is -0.695. The smallest absolute Gasteiger partial charge is 0.356 e. The highest BCUT2D eigenvalue weighted by atomic mass is 35.5. The molecule has 3 rings (SSSR count). The van der Waals surface area contributed by atoms with Crippen LogP contribution in [0.2, 0.25) is 5.02 Å². The van der Waals surface area contributed by atoms with E-state index in [1.165, 1.54) is 15.4 Å². The van der Waals surface area contributed by atoms with E-state index in [0.29, 0.717) is 22.1 Å². The molecule has 0 amide bonds. The second-order valence-corrected chi connectivity index (χ2v) is 6.52. The summed E-state index contributed by atoms with van der Waals surface area (Å²) in [5, 5.41) is 21.7. The lowest BCUT2D eigenvalue weighted by molar-refractivity contribution is 0.0688. The molecule has 0 aliphatic rings. The van der Waals surface area contributed by atoms with Gasteiger partial charge in [-0.25, -0.2) is 9.48 Å². The summed E-state index contributed by atoms with van der Waals surface area (Å²) in [5.41, 5.74) is 1.71. The second kappa shape index (κ2) is 7.24. The van der Waals surface area contributed by atoms with Crippen molar-refractivity contribution in [3.05, 3.63) is 74.3 Å². The first-order valence-corrected chi connectivity index (χ1v) is 8.49. The maximum absolute atomic E-state index is 11.7. The number of carbonyl (C=O) groups is 1. The first-order valence-electron chi connectivity index (χ1n) is 8.11. The lowest BCUT2D eigenvalue weighted by atomic mass is 9.96. The lowest BCUT2D eigenvalue weighted by Gasteiger charge is -2.21. The summed E-state index contributed by atoms with van der Waals surface area (Å²) in [7, 11) is 3.23. The van der Waals surface area contributed by atoms with Gasteiger partial charge in [0.2, 0.25) is 0 Å². The lowest BCUT2D eigenvalue weighted by Crippen LogP contribution is -2.22. The molecule has 0 radical (unpaired) electrons. The van der Waals surface area contributed by atoms with Crippen LogP contribution in [0.4, 0.5) is 5.82 Å². The van der Waals surface area contributed by atoms with Crippen LogP contribution in [0, 0.1) is 6.92 Å². The highest BCUT2D eigenvalue weighted by Crippen LogP contribution is 2.31. The third-order valence-electron chi connectivity index (χ3n) is 4.33. The zero-order chi connectivity index (χ0) is 19.7. The molecule has 2 N–H and O–H groups in total. The number of aromatic nitrogens is 4. The van der Waals surface area contributed by atoms with Gasteiger partial charge in [0.15, 0.2) is 5.69 Å². The Morgan fingerprint density at radius 3 is 2.37 bits per heavy atom. The Labute approximate surface area is 160 Å². The number of anilines is 1. The fourth-order valence-corrected chi connectivity index (χ4v) is 2.96. The second-order valence-electron chi connectivity index (χ2n) is 6.09. The standard InChI is InChI=1S/C18H18ClN5O3/c1-10-15(17(18(26)27)22-23(10)2)16(11-4-6-12(19)7-5-11)20-13-8-9-14(25)24(3)21-13/h4-9,16H,1-3H3,(H,20,21)(H,26,27). The van der Waals surface area contributed by atoms with E-state index in [9.17, 15) is 14.7 Å². The fourth-order valence-electron chi connectivity index (χ4n) is 2.83. The van der Waals surface area contributed by atoms with Crippen LogP contribution in [0.5, 0.6) is 0 Å². The number of carboxylic acids is 1. The van der Waals surface area contributed by atoms with E-state index in [1.54, 1.807) is 51.4 Å². The normalized spacial score (nSPS) is 12.0. The van der Waals surface area contributed by atoms with E-state index in [0.717, 1.165) is 5.56 Å². The summed E-state index contributed by atoms with van der Waals surface area (Å²) in [6.07, 6.45) is 0. The van der Waals surface area contributed by atoms with Gasteiger partial charge in [0.1, 0.15) is 5.82 Å². The molecular weight excluding hydrogens is 370 g/mol. The molecule has 27 heavy (non-hydrogen) atoms. The number of aryl methyl sites for hydroxylation is 2. The average Bonchev–Trinajstić information content (AvgIpc) is 2.92. The summed E-state index contributed by atoms with van der Waals surface area (Å²) < 4.78 is 2.73. The molecule has 0 aliphatic carbocycles. The minimum Gasteiger partial charge on any atom is -0.476 e. The fraction of sp³-hybridized carbons (Fsp3) is 0.222. The Morgan fingerprint density at radius 2 is 1.78 bits per heavy atom. The van der Waals surface area contributed by atoms with E-state index < -0.39 is 12.0 Å². The number of nitrogens with one attached hydrogen (secondary N) is 1. The Morgan fingerprint density at radius 1 is 1.11 bits per heavy atom. The first kappa shape index (κ1) is 18.7. The van der Waals surface area contributed by atoms with Crippen LogP contribution >= 0.6 is 11.6 Å². The van der Waals surface area contributed by atoms with Crippen molar-refractivity contribution >= 4 is 23.4 Å². The molecule has 0 bridgehead atoms. The summed E-state index contributed by atoms with van der Waals surface area (Å²) in [4.78, 5) is 23.3. The van der Waals surface area contributed by atoms with Gasteiger partial charge in [-0.1, -0.05) is 23.7 Å². The van der Waals surface area contributed by atoms with Crippen molar-refractivity contribution in [2.24, 2.45) is 14.1 Å². The van der Waals surface area contributed by atoms with E-state index in [1.807, 2.05) is 0 Å². The molecule has 3 aromatic rings. The van der Waals surface area contributed by atoms with Gasteiger partial charge >= 0.3 is 5.97 Å². The highest BCUT2D eigenvalue weighted by molar-refractivity contribution is 6.30. The first-order chi connectivity index (χ1) is 12.8.